The van der Waals surface area contributed by atoms with Crippen molar-refractivity contribution in [3.8, 4) is 6.07 Å². The number of nitriles is 1. The molecular formula is C14H19N3O2. The molecule has 2 rings (SSSR count). The molecule has 5 nitrogen and oxygen atoms in total. The second-order valence-corrected chi connectivity index (χ2v) is 5.73. The van der Waals surface area contributed by atoms with E-state index in [4.69, 9.17) is 9.68 Å². The number of furan rings is 1. The molecule has 0 saturated carbocycles. The van der Waals surface area contributed by atoms with Crippen molar-refractivity contribution in [3.05, 3.63) is 24.2 Å². The van der Waals surface area contributed by atoms with Crippen LogP contribution in [0.2, 0.25) is 0 Å². The smallest absolute Gasteiger partial charge is 0.241 e. The SMILES string of the molecule is CC1(C)CNC(CC#N)C(=O)N(Cc2ccco2)C1. The predicted octanol–water partition coefficient (Wildman–Crippen LogP) is 1.52. The number of nitrogens with zero attached hydrogens (tertiary/aromatic N) is 2. The molecule has 102 valence electrons. The van der Waals surface area contributed by atoms with Crippen molar-refractivity contribution in [1.29, 1.82) is 5.26 Å². The molecule has 1 atom stereocenters. The van der Waals surface area contributed by atoms with Crippen LogP contribution in [0.4, 0.5) is 0 Å². The van der Waals surface area contributed by atoms with Crippen molar-refractivity contribution < 1.29 is 9.21 Å². The van der Waals surface area contributed by atoms with Crippen LogP contribution in [-0.4, -0.2) is 29.9 Å². The van der Waals surface area contributed by atoms with E-state index in [2.05, 4.69) is 25.2 Å². The fourth-order valence-electron chi connectivity index (χ4n) is 2.33. The minimum Gasteiger partial charge on any atom is -0.467 e. The van der Waals surface area contributed by atoms with Crippen molar-refractivity contribution >= 4 is 5.91 Å². The lowest BCUT2D eigenvalue weighted by molar-refractivity contribution is -0.134. The van der Waals surface area contributed by atoms with Crippen molar-refractivity contribution in [3.63, 3.8) is 0 Å². The number of carbonyl (C=O) groups is 1. The van der Waals surface area contributed by atoms with Crippen molar-refractivity contribution in [2.75, 3.05) is 13.1 Å². The summed E-state index contributed by atoms with van der Waals surface area (Å²) in [4.78, 5) is 14.2. The molecule has 0 spiro atoms. The van der Waals surface area contributed by atoms with Gasteiger partial charge in [0.1, 0.15) is 5.76 Å². The third-order valence-corrected chi connectivity index (χ3v) is 3.28. The zero-order valence-electron chi connectivity index (χ0n) is 11.3. The van der Waals surface area contributed by atoms with E-state index in [0.29, 0.717) is 13.1 Å². The number of carbonyl (C=O) groups excluding carboxylic acids is 1. The van der Waals surface area contributed by atoms with Crippen molar-refractivity contribution in [2.24, 2.45) is 5.41 Å². The molecule has 2 heterocycles. The summed E-state index contributed by atoms with van der Waals surface area (Å²) in [6.07, 6.45) is 1.80. The lowest BCUT2D eigenvalue weighted by Gasteiger charge is -2.28. The summed E-state index contributed by atoms with van der Waals surface area (Å²) >= 11 is 0. The quantitative estimate of drug-likeness (QED) is 0.895. The molecule has 1 aromatic heterocycles. The summed E-state index contributed by atoms with van der Waals surface area (Å²) in [7, 11) is 0. The summed E-state index contributed by atoms with van der Waals surface area (Å²) in [6, 6.07) is 5.33. The normalized spacial score (nSPS) is 22.9. The van der Waals surface area contributed by atoms with Crippen LogP contribution < -0.4 is 5.32 Å². The zero-order chi connectivity index (χ0) is 13.9. The minimum atomic E-state index is -0.415. The van der Waals surface area contributed by atoms with Gasteiger partial charge in [-0.15, -0.1) is 0 Å². The van der Waals surface area contributed by atoms with E-state index < -0.39 is 6.04 Å². The first-order valence-electron chi connectivity index (χ1n) is 6.43. The average Bonchev–Trinajstić information content (AvgIpc) is 2.82. The second-order valence-electron chi connectivity index (χ2n) is 5.73. The third kappa shape index (κ3) is 3.36. The molecule has 0 radical (unpaired) electrons. The van der Waals surface area contributed by atoms with Gasteiger partial charge in [-0.2, -0.15) is 5.26 Å². The van der Waals surface area contributed by atoms with Crippen LogP contribution in [0, 0.1) is 16.7 Å². The minimum absolute atomic E-state index is 0.0214. The number of hydrogen-bond acceptors (Lipinski definition) is 4. The first-order valence-corrected chi connectivity index (χ1v) is 6.43. The number of amides is 1. The molecular weight excluding hydrogens is 242 g/mol. The molecule has 1 amide bonds. The largest absolute Gasteiger partial charge is 0.467 e. The first kappa shape index (κ1) is 13.6. The van der Waals surface area contributed by atoms with E-state index in [1.165, 1.54) is 0 Å². The van der Waals surface area contributed by atoms with Crippen LogP contribution >= 0.6 is 0 Å². The number of hydrogen-bond donors (Lipinski definition) is 1. The lowest BCUT2D eigenvalue weighted by atomic mass is 9.93. The Bertz CT molecular complexity index is 473. The molecule has 1 unspecified atom stereocenters. The van der Waals surface area contributed by atoms with Gasteiger partial charge in [0.2, 0.25) is 5.91 Å². The number of nitrogens with one attached hydrogen (secondary N) is 1. The zero-order valence-corrected chi connectivity index (χ0v) is 11.3. The monoisotopic (exact) mass is 261 g/mol. The molecule has 1 aliphatic rings. The van der Waals surface area contributed by atoms with Gasteiger partial charge in [0.25, 0.3) is 0 Å². The first-order chi connectivity index (χ1) is 9.02. The Morgan fingerprint density at radius 2 is 2.42 bits per heavy atom. The fourth-order valence-corrected chi connectivity index (χ4v) is 2.33. The Labute approximate surface area is 113 Å². The topological polar surface area (TPSA) is 69.3 Å². The van der Waals surface area contributed by atoms with Crippen molar-refractivity contribution in [2.45, 2.75) is 32.9 Å². The van der Waals surface area contributed by atoms with Crippen molar-refractivity contribution in [1.82, 2.24) is 10.2 Å². The summed E-state index contributed by atoms with van der Waals surface area (Å²) in [6.45, 7) is 6.05. The Hall–Kier alpha value is -1.80. The molecule has 1 aliphatic heterocycles. The predicted molar refractivity (Wildman–Crippen MR) is 69.9 cm³/mol. The molecule has 1 aromatic rings. The maximum absolute atomic E-state index is 12.4. The summed E-state index contributed by atoms with van der Waals surface area (Å²) in [5, 5.41) is 12.0. The molecule has 5 heteroatoms. The highest BCUT2D eigenvalue weighted by Crippen LogP contribution is 2.22. The van der Waals surface area contributed by atoms with Gasteiger partial charge in [-0.25, -0.2) is 0 Å². The van der Waals surface area contributed by atoms with Crippen LogP contribution in [0.5, 0.6) is 0 Å². The van der Waals surface area contributed by atoms with E-state index >= 15 is 0 Å². The molecule has 0 aromatic carbocycles. The molecule has 19 heavy (non-hydrogen) atoms. The maximum atomic E-state index is 12.4. The highest BCUT2D eigenvalue weighted by Gasteiger charge is 2.34. The van der Waals surface area contributed by atoms with E-state index in [1.54, 1.807) is 11.2 Å². The second kappa shape index (κ2) is 5.45. The van der Waals surface area contributed by atoms with Gasteiger partial charge < -0.3 is 14.6 Å². The maximum Gasteiger partial charge on any atom is 0.241 e. The Kier molecular flexibility index (Phi) is 3.91. The van der Waals surface area contributed by atoms with Crippen LogP contribution in [0.3, 0.4) is 0 Å². The number of rotatable bonds is 3. The summed E-state index contributed by atoms with van der Waals surface area (Å²) in [5.74, 6) is 0.741. The average molecular weight is 261 g/mol. The highest BCUT2D eigenvalue weighted by atomic mass is 16.3. The van der Waals surface area contributed by atoms with E-state index in [1.807, 2.05) is 12.1 Å². The van der Waals surface area contributed by atoms with Gasteiger partial charge in [0, 0.05) is 13.1 Å². The van der Waals surface area contributed by atoms with E-state index in [9.17, 15) is 4.79 Å². The van der Waals surface area contributed by atoms with Gasteiger partial charge in [-0.3, -0.25) is 4.79 Å². The summed E-state index contributed by atoms with van der Waals surface area (Å²) < 4.78 is 5.31. The Balaban J connectivity index is 2.17. The molecule has 0 aliphatic carbocycles. The van der Waals surface area contributed by atoms with Gasteiger partial charge in [0.15, 0.2) is 0 Å². The van der Waals surface area contributed by atoms with Crippen LogP contribution in [0.15, 0.2) is 22.8 Å². The van der Waals surface area contributed by atoms with Gasteiger partial charge in [0.05, 0.1) is 31.3 Å². The third-order valence-electron chi connectivity index (χ3n) is 3.28. The Morgan fingerprint density at radius 3 is 3.05 bits per heavy atom. The molecule has 1 N–H and O–H groups in total. The van der Waals surface area contributed by atoms with Gasteiger partial charge in [-0.05, 0) is 17.5 Å². The fraction of sp³-hybridized carbons (Fsp3) is 0.571. The van der Waals surface area contributed by atoms with Crippen LogP contribution in [0.25, 0.3) is 0 Å². The Morgan fingerprint density at radius 1 is 1.63 bits per heavy atom. The van der Waals surface area contributed by atoms with E-state index in [0.717, 1.165) is 12.3 Å². The van der Waals surface area contributed by atoms with Gasteiger partial charge in [-0.1, -0.05) is 13.8 Å². The standard InChI is InChI=1S/C14H19N3O2/c1-14(2)9-16-12(5-6-15)13(18)17(10-14)8-11-4-3-7-19-11/h3-4,7,12,16H,5,8-10H2,1-2H3. The molecule has 1 fully saturated rings. The van der Waals surface area contributed by atoms with Crippen LogP contribution in [-0.2, 0) is 11.3 Å². The van der Waals surface area contributed by atoms with Crippen LogP contribution in [0.1, 0.15) is 26.0 Å². The highest BCUT2D eigenvalue weighted by molar-refractivity contribution is 5.82. The van der Waals surface area contributed by atoms with Gasteiger partial charge >= 0.3 is 0 Å². The molecule has 1 saturated heterocycles. The summed E-state index contributed by atoms with van der Waals surface area (Å²) in [5.41, 5.74) is -0.0214. The lowest BCUT2D eigenvalue weighted by Crippen LogP contribution is -2.43. The van der Waals surface area contributed by atoms with E-state index in [-0.39, 0.29) is 17.7 Å². The molecule has 0 bridgehead atoms.